The SMILES string of the molecule is Cc1c(N)nc(C(C)C)nc1Oc1ccccc1. The highest BCUT2D eigenvalue weighted by Gasteiger charge is 2.12. The largest absolute Gasteiger partial charge is 0.439 e. The van der Waals surface area contributed by atoms with E-state index in [0.717, 1.165) is 11.3 Å². The van der Waals surface area contributed by atoms with E-state index in [-0.39, 0.29) is 5.92 Å². The van der Waals surface area contributed by atoms with Gasteiger partial charge in [-0.25, -0.2) is 4.98 Å². The molecule has 0 amide bonds. The van der Waals surface area contributed by atoms with Crippen LogP contribution in [0.1, 0.15) is 31.2 Å². The molecule has 0 saturated heterocycles. The molecule has 94 valence electrons. The van der Waals surface area contributed by atoms with Gasteiger partial charge < -0.3 is 10.5 Å². The zero-order valence-electron chi connectivity index (χ0n) is 10.8. The molecule has 0 bridgehead atoms. The number of ether oxygens (including phenoxy) is 1. The second kappa shape index (κ2) is 5.04. The lowest BCUT2D eigenvalue weighted by molar-refractivity contribution is 0.453. The minimum atomic E-state index is 0.214. The van der Waals surface area contributed by atoms with Crippen molar-refractivity contribution in [1.29, 1.82) is 0 Å². The third-order valence-electron chi connectivity index (χ3n) is 2.63. The number of aromatic nitrogens is 2. The number of hydrogen-bond acceptors (Lipinski definition) is 4. The van der Waals surface area contributed by atoms with Crippen LogP contribution in [0.2, 0.25) is 0 Å². The number of rotatable bonds is 3. The third kappa shape index (κ3) is 2.59. The normalized spacial score (nSPS) is 10.7. The summed E-state index contributed by atoms with van der Waals surface area (Å²) in [5, 5.41) is 0. The molecule has 0 atom stereocenters. The quantitative estimate of drug-likeness (QED) is 0.898. The Hall–Kier alpha value is -2.10. The van der Waals surface area contributed by atoms with Gasteiger partial charge in [0, 0.05) is 5.92 Å². The lowest BCUT2D eigenvalue weighted by Crippen LogP contribution is -2.06. The number of nitrogen functional groups attached to an aromatic ring is 1. The summed E-state index contributed by atoms with van der Waals surface area (Å²) in [6.07, 6.45) is 0. The van der Waals surface area contributed by atoms with Gasteiger partial charge in [0.2, 0.25) is 5.88 Å². The van der Waals surface area contributed by atoms with Gasteiger partial charge in [-0.05, 0) is 19.1 Å². The van der Waals surface area contributed by atoms with Crippen molar-refractivity contribution in [3.63, 3.8) is 0 Å². The molecule has 1 aromatic carbocycles. The van der Waals surface area contributed by atoms with E-state index in [2.05, 4.69) is 9.97 Å². The molecule has 4 nitrogen and oxygen atoms in total. The summed E-state index contributed by atoms with van der Waals surface area (Å²) in [5.74, 6) is 2.65. The summed E-state index contributed by atoms with van der Waals surface area (Å²) in [6, 6.07) is 9.53. The summed E-state index contributed by atoms with van der Waals surface area (Å²) in [7, 11) is 0. The van der Waals surface area contributed by atoms with Crippen molar-refractivity contribution >= 4 is 5.82 Å². The highest BCUT2D eigenvalue weighted by molar-refractivity contribution is 5.46. The first-order chi connectivity index (χ1) is 8.58. The van der Waals surface area contributed by atoms with Crippen molar-refractivity contribution in [3.05, 3.63) is 41.7 Å². The Bertz CT molecular complexity index is 538. The summed E-state index contributed by atoms with van der Waals surface area (Å²) >= 11 is 0. The standard InChI is InChI=1S/C14H17N3O/c1-9(2)13-16-12(15)10(3)14(17-13)18-11-7-5-4-6-8-11/h4-9H,1-3H3,(H2,15,16,17). The van der Waals surface area contributed by atoms with Gasteiger partial charge in [0.15, 0.2) is 0 Å². The number of para-hydroxylation sites is 1. The topological polar surface area (TPSA) is 61.0 Å². The predicted molar refractivity (Wildman–Crippen MR) is 71.8 cm³/mol. The van der Waals surface area contributed by atoms with Crippen molar-refractivity contribution in [3.8, 4) is 11.6 Å². The lowest BCUT2D eigenvalue weighted by Gasteiger charge is -2.12. The molecule has 0 saturated carbocycles. The van der Waals surface area contributed by atoms with Crippen LogP contribution in [0, 0.1) is 6.92 Å². The maximum absolute atomic E-state index is 5.88. The number of hydrogen-bond donors (Lipinski definition) is 1. The summed E-state index contributed by atoms with van der Waals surface area (Å²) < 4.78 is 5.75. The first-order valence-corrected chi connectivity index (χ1v) is 5.95. The van der Waals surface area contributed by atoms with Gasteiger partial charge in [-0.1, -0.05) is 32.0 Å². The minimum absolute atomic E-state index is 0.214. The Labute approximate surface area is 107 Å². The smallest absolute Gasteiger partial charge is 0.227 e. The Balaban J connectivity index is 2.38. The van der Waals surface area contributed by atoms with Gasteiger partial charge in [-0.3, -0.25) is 0 Å². The molecule has 0 unspecified atom stereocenters. The van der Waals surface area contributed by atoms with E-state index in [1.807, 2.05) is 51.1 Å². The number of nitrogens with two attached hydrogens (primary N) is 1. The molecular weight excluding hydrogens is 226 g/mol. The molecule has 1 aromatic heterocycles. The van der Waals surface area contributed by atoms with Crippen LogP contribution in [0.4, 0.5) is 5.82 Å². The first kappa shape index (κ1) is 12.4. The third-order valence-corrected chi connectivity index (χ3v) is 2.63. The fourth-order valence-electron chi connectivity index (χ4n) is 1.49. The van der Waals surface area contributed by atoms with Crippen LogP contribution in [0.5, 0.6) is 11.6 Å². The van der Waals surface area contributed by atoms with Gasteiger partial charge in [0.1, 0.15) is 17.4 Å². The monoisotopic (exact) mass is 243 g/mol. The Kier molecular flexibility index (Phi) is 3.46. The van der Waals surface area contributed by atoms with Crippen molar-refractivity contribution in [2.45, 2.75) is 26.7 Å². The maximum atomic E-state index is 5.88. The van der Waals surface area contributed by atoms with E-state index >= 15 is 0 Å². The molecule has 2 rings (SSSR count). The van der Waals surface area contributed by atoms with Gasteiger partial charge in [-0.2, -0.15) is 4.98 Å². The number of nitrogens with zero attached hydrogens (tertiary/aromatic N) is 2. The molecule has 2 N–H and O–H groups in total. The Morgan fingerprint density at radius 1 is 1.11 bits per heavy atom. The average molecular weight is 243 g/mol. The van der Waals surface area contributed by atoms with Crippen LogP contribution in [0.15, 0.2) is 30.3 Å². The Morgan fingerprint density at radius 3 is 2.39 bits per heavy atom. The fourth-order valence-corrected chi connectivity index (χ4v) is 1.49. The molecule has 0 aliphatic rings. The van der Waals surface area contributed by atoms with E-state index in [0.29, 0.717) is 17.5 Å². The van der Waals surface area contributed by atoms with Crippen molar-refractivity contribution in [2.75, 3.05) is 5.73 Å². The second-order valence-corrected chi connectivity index (χ2v) is 4.47. The van der Waals surface area contributed by atoms with Crippen LogP contribution in [-0.4, -0.2) is 9.97 Å². The average Bonchev–Trinajstić information content (AvgIpc) is 2.35. The summed E-state index contributed by atoms with van der Waals surface area (Å²) in [5.41, 5.74) is 6.65. The molecular formula is C14H17N3O. The number of benzene rings is 1. The van der Waals surface area contributed by atoms with Crippen molar-refractivity contribution in [1.82, 2.24) is 9.97 Å². The highest BCUT2D eigenvalue weighted by Crippen LogP contribution is 2.27. The first-order valence-electron chi connectivity index (χ1n) is 5.95. The lowest BCUT2D eigenvalue weighted by atomic mass is 10.2. The zero-order chi connectivity index (χ0) is 13.1. The van der Waals surface area contributed by atoms with Crippen LogP contribution < -0.4 is 10.5 Å². The second-order valence-electron chi connectivity index (χ2n) is 4.47. The summed E-state index contributed by atoms with van der Waals surface area (Å²) in [4.78, 5) is 8.68. The van der Waals surface area contributed by atoms with Gasteiger partial charge in [0.25, 0.3) is 0 Å². The van der Waals surface area contributed by atoms with Crippen LogP contribution >= 0.6 is 0 Å². The highest BCUT2D eigenvalue weighted by atomic mass is 16.5. The van der Waals surface area contributed by atoms with Gasteiger partial charge in [-0.15, -0.1) is 0 Å². The molecule has 4 heteroatoms. The van der Waals surface area contributed by atoms with E-state index in [4.69, 9.17) is 10.5 Å². The van der Waals surface area contributed by atoms with Crippen LogP contribution in [0.25, 0.3) is 0 Å². The van der Waals surface area contributed by atoms with E-state index in [1.54, 1.807) is 0 Å². The van der Waals surface area contributed by atoms with E-state index in [1.165, 1.54) is 0 Å². The molecule has 0 radical (unpaired) electrons. The maximum Gasteiger partial charge on any atom is 0.227 e. The van der Waals surface area contributed by atoms with Crippen LogP contribution in [-0.2, 0) is 0 Å². The Morgan fingerprint density at radius 2 is 1.78 bits per heavy atom. The minimum Gasteiger partial charge on any atom is -0.439 e. The molecule has 2 aromatic rings. The summed E-state index contributed by atoms with van der Waals surface area (Å²) in [6.45, 7) is 5.91. The van der Waals surface area contributed by atoms with Gasteiger partial charge >= 0.3 is 0 Å². The molecule has 0 aliphatic heterocycles. The van der Waals surface area contributed by atoms with Gasteiger partial charge in [0.05, 0.1) is 5.56 Å². The van der Waals surface area contributed by atoms with Crippen molar-refractivity contribution < 1.29 is 4.74 Å². The molecule has 0 aliphatic carbocycles. The van der Waals surface area contributed by atoms with Crippen molar-refractivity contribution in [2.24, 2.45) is 0 Å². The molecule has 18 heavy (non-hydrogen) atoms. The zero-order valence-corrected chi connectivity index (χ0v) is 10.8. The molecule has 0 fully saturated rings. The van der Waals surface area contributed by atoms with Crippen LogP contribution in [0.3, 0.4) is 0 Å². The fraction of sp³-hybridized carbons (Fsp3) is 0.286. The predicted octanol–water partition coefficient (Wildman–Crippen LogP) is 3.28. The number of anilines is 1. The molecule has 0 spiro atoms. The molecule has 1 heterocycles. The van der Waals surface area contributed by atoms with E-state index in [9.17, 15) is 0 Å². The van der Waals surface area contributed by atoms with E-state index < -0.39 is 0 Å².